The number of phenolic OH excluding ortho intramolecular Hbond substituents is 1. The number of halogens is 1. The van der Waals surface area contributed by atoms with Crippen LogP contribution in [0.5, 0.6) is 5.75 Å². The SMILES string of the molecule is CCSC1CCC(NC(=O)c2ccc(O)c(Cl)c2)C1. The molecule has 1 aromatic carbocycles. The molecule has 0 bridgehead atoms. The minimum Gasteiger partial charge on any atom is -0.506 e. The summed E-state index contributed by atoms with van der Waals surface area (Å²) in [5.74, 6) is 1.01. The predicted octanol–water partition coefficient (Wildman–Crippen LogP) is 3.45. The molecule has 0 aliphatic heterocycles. The molecule has 1 aliphatic rings. The van der Waals surface area contributed by atoms with E-state index in [9.17, 15) is 9.90 Å². The van der Waals surface area contributed by atoms with Gasteiger partial charge >= 0.3 is 0 Å². The molecule has 1 fully saturated rings. The Kier molecular flexibility index (Phi) is 4.99. The highest BCUT2D eigenvalue weighted by molar-refractivity contribution is 7.99. The summed E-state index contributed by atoms with van der Waals surface area (Å²) >= 11 is 7.77. The van der Waals surface area contributed by atoms with Gasteiger partial charge in [0, 0.05) is 16.9 Å². The first-order chi connectivity index (χ1) is 9.10. The molecule has 1 aliphatic carbocycles. The summed E-state index contributed by atoms with van der Waals surface area (Å²) in [7, 11) is 0. The molecule has 0 spiro atoms. The number of rotatable bonds is 4. The molecule has 2 N–H and O–H groups in total. The average molecular weight is 300 g/mol. The van der Waals surface area contributed by atoms with E-state index in [4.69, 9.17) is 11.6 Å². The van der Waals surface area contributed by atoms with Crippen molar-refractivity contribution in [2.24, 2.45) is 0 Å². The summed E-state index contributed by atoms with van der Waals surface area (Å²) in [6, 6.07) is 4.79. The number of carbonyl (C=O) groups excluding carboxylic acids is 1. The van der Waals surface area contributed by atoms with Gasteiger partial charge in [-0.3, -0.25) is 4.79 Å². The lowest BCUT2D eigenvalue weighted by molar-refractivity contribution is 0.0938. The van der Waals surface area contributed by atoms with Crippen molar-refractivity contribution in [2.75, 3.05) is 5.75 Å². The van der Waals surface area contributed by atoms with E-state index in [0.29, 0.717) is 10.8 Å². The fourth-order valence-electron chi connectivity index (χ4n) is 2.38. The van der Waals surface area contributed by atoms with Crippen LogP contribution in [-0.2, 0) is 0 Å². The number of carbonyl (C=O) groups is 1. The molecule has 2 rings (SSSR count). The maximum atomic E-state index is 12.1. The number of hydrogen-bond donors (Lipinski definition) is 2. The van der Waals surface area contributed by atoms with E-state index in [1.165, 1.54) is 18.6 Å². The number of amides is 1. The van der Waals surface area contributed by atoms with Crippen LogP contribution >= 0.6 is 23.4 Å². The van der Waals surface area contributed by atoms with Gasteiger partial charge in [0.05, 0.1) is 5.02 Å². The van der Waals surface area contributed by atoms with Gasteiger partial charge < -0.3 is 10.4 Å². The first-order valence-corrected chi connectivity index (χ1v) is 7.93. The third kappa shape index (κ3) is 3.80. The van der Waals surface area contributed by atoms with Gasteiger partial charge in [-0.05, 0) is 43.2 Å². The van der Waals surface area contributed by atoms with E-state index >= 15 is 0 Å². The molecule has 1 saturated carbocycles. The van der Waals surface area contributed by atoms with Crippen LogP contribution in [0.15, 0.2) is 18.2 Å². The Bertz CT molecular complexity index is 467. The lowest BCUT2D eigenvalue weighted by atomic mass is 10.1. The highest BCUT2D eigenvalue weighted by atomic mass is 35.5. The number of aromatic hydroxyl groups is 1. The van der Waals surface area contributed by atoms with E-state index in [1.807, 2.05) is 11.8 Å². The molecule has 5 heteroatoms. The summed E-state index contributed by atoms with van der Waals surface area (Å²) in [6.07, 6.45) is 3.24. The van der Waals surface area contributed by atoms with Crippen LogP contribution in [0.3, 0.4) is 0 Å². The molecule has 3 nitrogen and oxygen atoms in total. The minimum absolute atomic E-state index is 0.00140. The van der Waals surface area contributed by atoms with Crippen molar-refractivity contribution in [3.05, 3.63) is 28.8 Å². The molecule has 0 aromatic heterocycles. The minimum atomic E-state index is -0.117. The van der Waals surface area contributed by atoms with Crippen LogP contribution in [0.1, 0.15) is 36.5 Å². The van der Waals surface area contributed by atoms with E-state index in [2.05, 4.69) is 12.2 Å². The van der Waals surface area contributed by atoms with Gasteiger partial charge in [0.25, 0.3) is 5.91 Å². The topological polar surface area (TPSA) is 49.3 Å². The molecule has 1 aromatic rings. The maximum absolute atomic E-state index is 12.1. The van der Waals surface area contributed by atoms with Crippen LogP contribution in [0, 0.1) is 0 Å². The highest BCUT2D eigenvalue weighted by Crippen LogP contribution is 2.30. The standard InChI is InChI=1S/C14H18ClNO2S/c1-2-19-11-5-4-10(8-11)16-14(18)9-3-6-13(17)12(15)7-9/h3,6-7,10-11,17H,2,4-5,8H2,1H3,(H,16,18). The molecule has 0 saturated heterocycles. The number of phenols is 1. The number of hydrogen-bond acceptors (Lipinski definition) is 3. The van der Waals surface area contributed by atoms with Crippen molar-refractivity contribution >= 4 is 29.3 Å². The van der Waals surface area contributed by atoms with E-state index in [-0.39, 0.29) is 22.7 Å². The molecule has 1 amide bonds. The van der Waals surface area contributed by atoms with Gasteiger partial charge in [0.1, 0.15) is 5.75 Å². The number of benzene rings is 1. The predicted molar refractivity (Wildman–Crippen MR) is 80.1 cm³/mol. The summed E-state index contributed by atoms with van der Waals surface area (Å²) in [5.41, 5.74) is 0.495. The van der Waals surface area contributed by atoms with Gasteiger partial charge in [-0.1, -0.05) is 18.5 Å². The zero-order valence-electron chi connectivity index (χ0n) is 10.9. The second-order valence-corrected chi connectivity index (χ2v) is 6.71. The Balaban J connectivity index is 1.92. The van der Waals surface area contributed by atoms with Crippen molar-refractivity contribution < 1.29 is 9.90 Å². The Hall–Kier alpha value is -0.870. The Morgan fingerprint density at radius 1 is 1.53 bits per heavy atom. The number of thioether (sulfide) groups is 1. The third-order valence-corrected chi connectivity index (χ3v) is 4.87. The van der Waals surface area contributed by atoms with Crippen molar-refractivity contribution in [1.82, 2.24) is 5.32 Å². The summed E-state index contributed by atoms with van der Waals surface area (Å²) in [4.78, 5) is 12.1. The van der Waals surface area contributed by atoms with Crippen molar-refractivity contribution in [1.29, 1.82) is 0 Å². The first-order valence-electron chi connectivity index (χ1n) is 6.51. The largest absolute Gasteiger partial charge is 0.506 e. The summed E-state index contributed by atoms with van der Waals surface area (Å²) in [5, 5.41) is 13.2. The van der Waals surface area contributed by atoms with E-state index in [1.54, 1.807) is 6.07 Å². The molecule has 0 radical (unpaired) electrons. The van der Waals surface area contributed by atoms with Crippen LogP contribution in [0.4, 0.5) is 0 Å². The smallest absolute Gasteiger partial charge is 0.251 e. The quantitative estimate of drug-likeness (QED) is 0.895. The highest BCUT2D eigenvalue weighted by Gasteiger charge is 2.26. The van der Waals surface area contributed by atoms with Crippen molar-refractivity contribution in [2.45, 2.75) is 37.5 Å². The van der Waals surface area contributed by atoms with Crippen molar-refractivity contribution in [3.63, 3.8) is 0 Å². The Labute approximate surface area is 122 Å². The molecule has 2 unspecified atom stereocenters. The molecule has 104 valence electrons. The van der Waals surface area contributed by atoms with E-state index < -0.39 is 0 Å². The molecular formula is C14H18ClNO2S. The maximum Gasteiger partial charge on any atom is 0.251 e. The summed E-state index contributed by atoms with van der Waals surface area (Å²) in [6.45, 7) is 2.16. The van der Waals surface area contributed by atoms with Crippen LogP contribution in [-0.4, -0.2) is 28.1 Å². The molecule has 19 heavy (non-hydrogen) atoms. The third-order valence-electron chi connectivity index (χ3n) is 3.33. The fourth-order valence-corrected chi connectivity index (χ4v) is 3.70. The zero-order valence-corrected chi connectivity index (χ0v) is 12.4. The monoisotopic (exact) mass is 299 g/mol. The molecule has 0 heterocycles. The Morgan fingerprint density at radius 3 is 3.00 bits per heavy atom. The lowest BCUT2D eigenvalue weighted by Gasteiger charge is -2.13. The van der Waals surface area contributed by atoms with Gasteiger partial charge in [-0.25, -0.2) is 0 Å². The van der Waals surface area contributed by atoms with Gasteiger partial charge in [-0.2, -0.15) is 11.8 Å². The second-order valence-electron chi connectivity index (χ2n) is 4.73. The summed E-state index contributed by atoms with van der Waals surface area (Å²) < 4.78 is 0. The Morgan fingerprint density at radius 2 is 2.32 bits per heavy atom. The zero-order chi connectivity index (χ0) is 13.8. The normalized spacial score (nSPS) is 22.4. The first kappa shape index (κ1) is 14.5. The second kappa shape index (κ2) is 6.53. The molecule has 2 atom stereocenters. The number of nitrogens with one attached hydrogen (secondary N) is 1. The lowest BCUT2D eigenvalue weighted by Crippen LogP contribution is -2.33. The van der Waals surface area contributed by atoms with Crippen LogP contribution < -0.4 is 5.32 Å². The van der Waals surface area contributed by atoms with Crippen LogP contribution in [0.25, 0.3) is 0 Å². The van der Waals surface area contributed by atoms with Gasteiger partial charge in [0.15, 0.2) is 0 Å². The van der Waals surface area contributed by atoms with Crippen LogP contribution in [0.2, 0.25) is 5.02 Å². The fraction of sp³-hybridized carbons (Fsp3) is 0.500. The van der Waals surface area contributed by atoms with Gasteiger partial charge in [-0.15, -0.1) is 0 Å². The van der Waals surface area contributed by atoms with E-state index in [0.717, 1.165) is 18.6 Å². The van der Waals surface area contributed by atoms with Crippen molar-refractivity contribution in [3.8, 4) is 5.75 Å². The molecular weight excluding hydrogens is 282 g/mol. The average Bonchev–Trinajstić information content (AvgIpc) is 2.80. The van der Waals surface area contributed by atoms with Gasteiger partial charge in [0.2, 0.25) is 0 Å².